The van der Waals surface area contributed by atoms with Gasteiger partial charge in [-0.2, -0.15) is 5.10 Å². The van der Waals surface area contributed by atoms with E-state index in [4.69, 9.17) is 0 Å². The van der Waals surface area contributed by atoms with Crippen LogP contribution in [0.1, 0.15) is 27.7 Å². The number of hydrogen-bond donors (Lipinski definition) is 0. The summed E-state index contributed by atoms with van der Waals surface area (Å²) >= 11 is 0. The van der Waals surface area contributed by atoms with E-state index in [2.05, 4.69) is 5.10 Å². The summed E-state index contributed by atoms with van der Waals surface area (Å²) in [7, 11) is 0. The lowest BCUT2D eigenvalue weighted by Crippen LogP contribution is -2.31. The first-order valence-electron chi connectivity index (χ1n) is 4.33. The van der Waals surface area contributed by atoms with Gasteiger partial charge in [0.2, 0.25) is 0 Å². The molecule has 0 radical (unpaired) electrons. The smallest absolute Gasteiger partial charge is 0.282 e. The summed E-state index contributed by atoms with van der Waals surface area (Å²) < 4.78 is 0. The van der Waals surface area contributed by atoms with Crippen molar-refractivity contribution in [2.24, 2.45) is 10.5 Å². The fraction of sp³-hybridized carbons (Fsp3) is 0.667. The molecule has 1 aliphatic rings. The first-order chi connectivity index (χ1) is 5.88. The van der Waals surface area contributed by atoms with E-state index in [9.17, 15) is 9.59 Å². The number of nitrogens with zero attached hydrogens (tertiary/aromatic N) is 2. The molecule has 0 aromatic heterocycles. The van der Waals surface area contributed by atoms with Gasteiger partial charge in [-0.1, -0.05) is 20.8 Å². The molecule has 0 atom stereocenters. The predicted molar refractivity (Wildman–Crippen MR) is 49.3 cm³/mol. The molecule has 72 valence electrons. The molecule has 1 aliphatic heterocycles. The number of carbonyl (C=O) groups excluding carboxylic acids is 2. The van der Waals surface area contributed by atoms with Gasteiger partial charge in [-0.05, 0) is 6.92 Å². The third-order valence-electron chi connectivity index (χ3n) is 1.87. The molecule has 0 aromatic carbocycles. The first kappa shape index (κ1) is 9.89. The van der Waals surface area contributed by atoms with Gasteiger partial charge in [-0.25, -0.2) is 5.01 Å². The molecule has 0 spiro atoms. The highest BCUT2D eigenvalue weighted by atomic mass is 16.2. The van der Waals surface area contributed by atoms with E-state index in [1.807, 2.05) is 20.8 Å². The van der Waals surface area contributed by atoms with Gasteiger partial charge in [0.1, 0.15) is 5.71 Å². The second kappa shape index (κ2) is 2.94. The van der Waals surface area contributed by atoms with Crippen LogP contribution in [0.4, 0.5) is 0 Å². The van der Waals surface area contributed by atoms with E-state index in [-0.39, 0.29) is 5.41 Å². The fourth-order valence-electron chi connectivity index (χ4n) is 1.13. The van der Waals surface area contributed by atoms with E-state index in [0.29, 0.717) is 12.3 Å². The van der Waals surface area contributed by atoms with Crippen molar-refractivity contribution in [3.05, 3.63) is 0 Å². The number of hydrazone groups is 1. The SMILES string of the molecule is CCN1N=C(C(C)(C)C)C(=O)C1=O. The van der Waals surface area contributed by atoms with E-state index >= 15 is 0 Å². The first-order valence-corrected chi connectivity index (χ1v) is 4.33. The lowest BCUT2D eigenvalue weighted by atomic mass is 9.88. The van der Waals surface area contributed by atoms with Gasteiger partial charge in [-0.3, -0.25) is 9.59 Å². The van der Waals surface area contributed by atoms with Crippen LogP contribution in [0.25, 0.3) is 0 Å². The van der Waals surface area contributed by atoms with E-state index in [1.165, 1.54) is 5.01 Å². The molecule has 0 saturated carbocycles. The Morgan fingerprint density at radius 2 is 1.85 bits per heavy atom. The molecule has 0 fully saturated rings. The monoisotopic (exact) mass is 182 g/mol. The highest BCUT2D eigenvalue weighted by Gasteiger charge is 2.38. The van der Waals surface area contributed by atoms with Gasteiger partial charge in [0.15, 0.2) is 0 Å². The topological polar surface area (TPSA) is 49.7 Å². The summed E-state index contributed by atoms with van der Waals surface area (Å²) in [5.74, 6) is -0.971. The van der Waals surface area contributed by atoms with Gasteiger partial charge in [0.05, 0.1) is 0 Å². The number of carbonyl (C=O) groups is 2. The number of Topliss-reactive ketones (excluding diaryl/α,β-unsaturated/α-hetero) is 1. The molecular formula is C9H14N2O2. The summed E-state index contributed by atoms with van der Waals surface area (Å²) in [6.07, 6.45) is 0. The molecule has 1 rings (SSSR count). The minimum atomic E-state index is -0.507. The molecule has 0 bridgehead atoms. The number of ketones is 1. The zero-order chi connectivity index (χ0) is 10.2. The van der Waals surface area contributed by atoms with Crippen LogP contribution in [0, 0.1) is 5.41 Å². The van der Waals surface area contributed by atoms with E-state index < -0.39 is 11.7 Å². The molecular weight excluding hydrogens is 168 g/mol. The largest absolute Gasteiger partial charge is 0.316 e. The Morgan fingerprint density at radius 3 is 2.08 bits per heavy atom. The summed E-state index contributed by atoms with van der Waals surface area (Å²) in [6.45, 7) is 7.85. The van der Waals surface area contributed by atoms with Gasteiger partial charge < -0.3 is 0 Å². The fourth-order valence-corrected chi connectivity index (χ4v) is 1.13. The van der Waals surface area contributed by atoms with E-state index in [1.54, 1.807) is 6.92 Å². The van der Waals surface area contributed by atoms with Crippen LogP contribution in [0.15, 0.2) is 5.10 Å². The number of rotatable bonds is 1. The molecule has 4 nitrogen and oxygen atoms in total. The average molecular weight is 182 g/mol. The second-order valence-corrected chi connectivity index (χ2v) is 4.05. The van der Waals surface area contributed by atoms with Crippen molar-refractivity contribution in [1.29, 1.82) is 0 Å². The second-order valence-electron chi connectivity index (χ2n) is 4.05. The molecule has 0 aromatic rings. The van der Waals surface area contributed by atoms with Crippen LogP contribution in [-0.2, 0) is 9.59 Å². The van der Waals surface area contributed by atoms with Gasteiger partial charge in [0, 0.05) is 12.0 Å². The number of amides is 1. The maximum Gasteiger partial charge on any atom is 0.316 e. The Bertz CT molecular complexity index is 286. The molecule has 4 heteroatoms. The molecule has 13 heavy (non-hydrogen) atoms. The van der Waals surface area contributed by atoms with Crippen LogP contribution in [0.2, 0.25) is 0 Å². The molecule has 0 N–H and O–H groups in total. The van der Waals surface area contributed by atoms with Crippen LogP contribution in [0.3, 0.4) is 0 Å². The lowest BCUT2D eigenvalue weighted by molar-refractivity contribution is -0.139. The summed E-state index contributed by atoms with van der Waals surface area (Å²) in [5, 5.41) is 5.20. The molecule has 1 heterocycles. The Morgan fingerprint density at radius 1 is 1.31 bits per heavy atom. The Labute approximate surface area is 77.6 Å². The quantitative estimate of drug-likeness (QED) is 0.564. The summed E-state index contributed by atoms with van der Waals surface area (Å²) in [5.41, 5.74) is 0.00998. The van der Waals surface area contributed by atoms with Crippen molar-refractivity contribution < 1.29 is 9.59 Å². The Balaban J connectivity index is 3.01. The lowest BCUT2D eigenvalue weighted by Gasteiger charge is -2.14. The highest BCUT2D eigenvalue weighted by molar-refractivity contribution is 6.67. The minimum absolute atomic E-state index is 0.351. The van der Waals surface area contributed by atoms with Crippen molar-refractivity contribution in [1.82, 2.24) is 5.01 Å². The molecule has 0 unspecified atom stereocenters. The van der Waals surface area contributed by atoms with Crippen molar-refractivity contribution in [2.45, 2.75) is 27.7 Å². The third-order valence-corrected chi connectivity index (χ3v) is 1.87. The van der Waals surface area contributed by atoms with Crippen molar-refractivity contribution in [2.75, 3.05) is 6.54 Å². The molecule has 0 saturated heterocycles. The maximum atomic E-state index is 11.4. The van der Waals surface area contributed by atoms with Crippen molar-refractivity contribution >= 4 is 17.4 Å². The predicted octanol–water partition coefficient (Wildman–Crippen LogP) is 0.820. The zero-order valence-corrected chi connectivity index (χ0v) is 8.42. The Kier molecular flexibility index (Phi) is 2.24. The van der Waals surface area contributed by atoms with Crippen molar-refractivity contribution in [3.8, 4) is 0 Å². The Hall–Kier alpha value is -1.19. The van der Waals surface area contributed by atoms with Crippen LogP contribution < -0.4 is 0 Å². The standard InChI is InChI=1S/C9H14N2O2/c1-5-11-8(13)6(12)7(10-11)9(2,3)4/h5H2,1-4H3. The van der Waals surface area contributed by atoms with Gasteiger partial charge >= 0.3 is 5.91 Å². The summed E-state index contributed by atoms with van der Waals surface area (Å²) in [6, 6.07) is 0. The van der Waals surface area contributed by atoms with Gasteiger partial charge in [-0.15, -0.1) is 0 Å². The highest BCUT2D eigenvalue weighted by Crippen LogP contribution is 2.21. The maximum absolute atomic E-state index is 11.4. The average Bonchev–Trinajstić information content (AvgIpc) is 2.28. The summed E-state index contributed by atoms with van der Waals surface area (Å²) in [4.78, 5) is 22.7. The minimum Gasteiger partial charge on any atom is -0.282 e. The number of hydrogen-bond acceptors (Lipinski definition) is 3. The van der Waals surface area contributed by atoms with Gasteiger partial charge in [0.25, 0.3) is 5.78 Å². The third kappa shape index (κ3) is 1.61. The van der Waals surface area contributed by atoms with Crippen LogP contribution >= 0.6 is 0 Å². The van der Waals surface area contributed by atoms with Crippen LogP contribution in [0.5, 0.6) is 0 Å². The molecule has 1 amide bonds. The normalized spacial score (nSPS) is 18.2. The van der Waals surface area contributed by atoms with Crippen LogP contribution in [-0.4, -0.2) is 29.0 Å². The zero-order valence-electron chi connectivity index (χ0n) is 8.42. The number of likely N-dealkylation sites (N-methyl/N-ethyl adjacent to an activating group) is 1. The van der Waals surface area contributed by atoms with E-state index in [0.717, 1.165) is 0 Å². The molecule has 0 aliphatic carbocycles. The van der Waals surface area contributed by atoms with Crippen molar-refractivity contribution in [3.63, 3.8) is 0 Å².